The third-order valence-corrected chi connectivity index (χ3v) is 3.11. The van der Waals surface area contributed by atoms with Crippen molar-refractivity contribution < 1.29 is 9.53 Å². The predicted molar refractivity (Wildman–Crippen MR) is 68.8 cm³/mol. The van der Waals surface area contributed by atoms with Crippen LogP contribution in [0.3, 0.4) is 0 Å². The van der Waals surface area contributed by atoms with Gasteiger partial charge >= 0.3 is 0 Å². The molecule has 0 unspecified atom stereocenters. The molecule has 0 saturated heterocycles. The lowest BCUT2D eigenvalue weighted by atomic mass is 10.1. The van der Waals surface area contributed by atoms with E-state index in [-0.39, 0.29) is 5.91 Å². The minimum atomic E-state index is -0.0760. The average Bonchev–Trinajstić information content (AvgIpc) is 3.21. The van der Waals surface area contributed by atoms with Gasteiger partial charge in [-0.3, -0.25) is 9.78 Å². The third kappa shape index (κ3) is 1.90. The van der Waals surface area contributed by atoms with Crippen LogP contribution in [0.5, 0.6) is 5.75 Å². The summed E-state index contributed by atoms with van der Waals surface area (Å²) in [7, 11) is 1.57. The van der Waals surface area contributed by atoms with Crippen LogP contribution < -0.4 is 10.1 Å². The number of amides is 1. The van der Waals surface area contributed by atoms with Crippen LogP contribution in [-0.2, 0) is 0 Å². The Balaban J connectivity index is 2.13. The Bertz CT molecular complexity index is 606. The number of carbonyl (C=O) groups is 1. The molecule has 1 amide bonds. The maximum atomic E-state index is 12.3. The van der Waals surface area contributed by atoms with E-state index in [9.17, 15) is 4.79 Å². The summed E-state index contributed by atoms with van der Waals surface area (Å²) >= 11 is 0. The van der Waals surface area contributed by atoms with Crippen LogP contribution in [0.1, 0.15) is 23.2 Å². The van der Waals surface area contributed by atoms with Gasteiger partial charge in [-0.25, -0.2) is 0 Å². The van der Waals surface area contributed by atoms with E-state index >= 15 is 0 Å². The molecular formula is C14H14N2O2. The molecule has 1 aliphatic rings. The highest BCUT2D eigenvalue weighted by Crippen LogP contribution is 2.28. The molecule has 1 fully saturated rings. The van der Waals surface area contributed by atoms with Crippen LogP contribution in [0, 0.1) is 0 Å². The van der Waals surface area contributed by atoms with Gasteiger partial charge in [-0.2, -0.15) is 0 Å². The second-order valence-electron chi connectivity index (χ2n) is 4.46. The summed E-state index contributed by atoms with van der Waals surface area (Å²) in [4.78, 5) is 16.5. The zero-order chi connectivity index (χ0) is 12.5. The molecule has 0 bridgehead atoms. The molecule has 1 heterocycles. The lowest BCUT2D eigenvalue weighted by molar-refractivity contribution is 0.0950. The summed E-state index contributed by atoms with van der Waals surface area (Å²) in [6.45, 7) is 0. The number of carbonyl (C=O) groups excluding carboxylic acids is 1. The second kappa shape index (κ2) is 4.29. The quantitative estimate of drug-likeness (QED) is 0.897. The summed E-state index contributed by atoms with van der Waals surface area (Å²) in [6, 6.07) is 7.70. The van der Waals surface area contributed by atoms with Crippen molar-refractivity contribution in [2.75, 3.05) is 7.11 Å². The van der Waals surface area contributed by atoms with Gasteiger partial charge in [0.1, 0.15) is 5.75 Å². The number of ether oxygens (including phenoxy) is 1. The third-order valence-electron chi connectivity index (χ3n) is 3.11. The molecule has 92 valence electrons. The van der Waals surface area contributed by atoms with E-state index in [1.165, 1.54) is 0 Å². The molecule has 0 atom stereocenters. The highest BCUT2D eigenvalue weighted by atomic mass is 16.5. The molecule has 0 radical (unpaired) electrons. The van der Waals surface area contributed by atoms with Crippen LogP contribution in [0.2, 0.25) is 0 Å². The molecule has 2 aromatic rings. The first-order valence-corrected chi connectivity index (χ1v) is 6.02. The first-order chi connectivity index (χ1) is 8.79. The predicted octanol–water partition coefficient (Wildman–Crippen LogP) is 2.14. The summed E-state index contributed by atoms with van der Waals surface area (Å²) in [5, 5.41) is 3.82. The van der Waals surface area contributed by atoms with E-state index in [2.05, 4.69) is 10.3 Å². The van der Waals surface area contributed by atoms with Gasteiger partial charge in [0.2, 0.25) is 0 Å². The normalized spacial score (nSPS) is 14.5. The van der Waals surface area contributed by atoms with Gasteiger partial charge in [-0.1, -0.05) is 6.07 Å². The first kappa shape index (κ1) is 11.0. The number of hydrogen-bond acceptors (Lipinski definition) is 3. The number of aromatic nitrogens is 1. The molecule has 4 heteroatoms. The van der Waals surface area contributed by atoms with Crippen molar-refractivity contribution in [2.24, 2.45) is 0 Å². The van der Waals surface area contributed by atoms with Crippen molar-refractivity contribution in [3.05, 3.63) is 36.0 Å². The van der Waals surface area contributed by atoms with Crippen molar-refractivity contribution >= 4 is 16.8 Å². The molecular weight excluding hydrogens is 228 g/mol. The van der Waals surface area contributed by atoms with Gasteiger partial charge in [-0.05, 0) is 31.0 Å². The Labute approximate surface area is 105 Å². The zero-order valence-corrected chi connectivity index (χ0v) is 10.1. The molecule has 1 saturated carbocycles. The number of fused-ring (bicyclic) bond motifs is 1. The van der Waals surface area contributed by atoms with E-state index in [1.807, 2.05) is 18.2 Å². The average molecular weight is 242 g/mol. The highest BCUT2D eigenvalue weighted by molar-refractivity contribution is 6.08. The van der Waals surface area contributed by atoms with E-state index in [1.54, 1.807) is 19.4 Å². The summed E-state index contributed by atoms with van der Waals surface area (Å²) < 4.78 is 5.29. The van der Waals surface area contributed by atoms with Gasteiger partial charge < -0.3 is 10.1 Å². The topological polar surface area (TPSA) is 51.2 Å². The van der Waals surface area contributed by atoms with Crippen molar-refractivity contribution in [1.82, 2.24) is 10.3 Å². The van der Waals surface area contributed by atoms with E-state index < -0.39 is 0 Å². The smallest absolute Gasteiger partial charge is 0.255 e. The number of methoxy groups -OCH3 is 1. The summed E-state index contributed by atoms with van der Waals surface area (Å²) in [6.07, 6.45) is 3.85. The maximum absolute atomic E-state index is 12.3. The fraction of sp³-hybridized carbons (Fsp3) is 0.286. The minimum absolute atomic E-state index is 0.0760. The summed E-state index contributed by atoms with van der Waals surface area (Å²) in [5.41, 5.74) is 1.38. The molecule has 3 rings (SSSR count). The number of nitrogens with one attached hydrogen (secondary N) is 1. The van der Waals surface area contributed by atoms with Crippen molar-refractivity contribution in [3.8, 4) is 5.75 Å². The SMILES string of the molecule is COc1ccc2ncccc2c1C(=O)NC1CC1. The molecule has 0 aliphatic heterocycles. The maximum Gasteiger partial charge on any atom is 0.255 e. The minimum Gasteiger partial charge on any atom is -0.496 e. The highest BCUT2D eigenvalue weighted by Gasteiger charge is 2.26. The number of hydrogen-bond donors (Lipinski definition) is 1. The number of nitrogens with zero attached hydrogens (tertiary/aromatic N) is 1. The van der Waals surface area contributed by atoms with Gasteiger partial charge in [-0.15, -0.1) is 0 Å². The largest absolute Gasteiger partial charge is 0.496 e. The lowest BCUT2D eigenvalue weighted by Gasteiger charge is -2.11. The van der Waals surface area contributed by atoms with Gasteiger partial charge in [0, 0.05) is 17.6 Å². The first-order valence-electron chi connectivity index (χ1n) is 6.02. The van der Waals surface area contributed by atoms with Crippen LogP contribution in [0.15, 0.2) is 30.5 Å². The Hall–Kier alpha value is -2.10. The molecule has 1 aromatic carbocycles. The fourth-order valence-corrected chi connectivity index (χ4v) is 2.02. The van der Waals surface area contributed by atoms with Crippen molar-refractivity contribution in [2.45, 2.75) is 18.9 Å². The van der Waals surface area contributed by atoms with Crippen LogP contribution in [0.4, 0.5) is 0 Å². The number of rotatable bonds is 3. The van der Waals surface area contributed by atoms with Crippen LogP contribution >= 0.6 is 0 Å². The van der Waals surface area contributed by atoms with Crippen molar-refractivity contribution in [3.63, 3.8) is 0 Å². The van der Waals surface area contributed by atoms with Crippen molar-refractivity contribution in [1.29, 1.82) is 0 Å². The van der Waals surface area contributed by atoms with E-state index in [4.69, 9.17) is 4.74 Å². The molecule has 1 aliphatic carbocycles. The zero-order valence-electron chi connectivity index (χ0n) is 10.1. The van der Waals surface area contributed by atoms with E-state index in [0.29, 0.717) is 17.4 Å². The van der Waals surface area contributed by atoms with Gasteiger partial charge in [0.25, 0.3) is 5.91 Å². The molecule has 4 nitrogen and oxygen atoms in total. The Morgan fingerprint density at radius 3 is 2.94 bits per heavy atom. The fourth-order valence-electron chi connectivity index (χ4n) is 2.02. The number of pyridine rings is 1. The Kier molecular flexibility index (Phi) is 2.63. The van der Waals surface area contributed by atoms with E-state index in [0.717, 1.165) is 23.7 Å². The second-order valence-corrected chi connectivity index (χ2v) is 4.46. The van der Waals surface area contributed by atoms with Gasteiger partial charge in [0.05, 0.1) is 18.2 Å². The molecule has 0 spiro atoms. The molecule has 1 N–H and O–H groups in total. The monoisotopic (exact) mass is 242 g/mol. The van der Waals surface area contributed by atoms with Gasteiger partial charge in [0.15, 0.2) is 0 Å². The standard InChI is InChI=1S/C14H14N2O2/c1-18-12-7-6-11-10(3-2-8-15-11)13(12)14(17)16-9-4-5-9/h2-3,6-9H,4-5H2,1H3,(H,16,17). The molecule has 18 heavy (non-hydrogen) atoms. The molecule has 1 aromatic heterocycles. The Morgan fingerprint density at radius 1 is 1.39 bits per heavy atom. The van der Waals surface area contributed by atoms with Crippen LogP contribution in [0.25, 0.3) is 10.9 Å². The lowest BCUT2D eigenvalue weighted by Crippen LogP contribution is -2.26. The summed E-state index contributed by atoms with van der Waals surface area (Å²) in [5.74, 6) is 0.515. The van der Waals surface area contributed by atoms with Crippen LogP contribution in [-0.4, -0.2) is 24.0 Å². The Morgan fingerprint density at radius 2 is 2.22 bits per heavy atom. The number of benzene rings is 1.